The molecule has 0 aliphatic heterocycles. The van der Waals surface area contributed by atoms with Crippen molar-refractivity contribution in [2.24, 2.45) is 5.73 Å². The Morgan fingerprint density at radius 1 is 1.62 bits per heavy atom. The van der Waals surface area contributed by atoms with Crippen LogP contribution >= 0.6 is 0 Å². The molecule has 1 unspecified atom stereocenters. The van der Waals surface area contributed by atoms with Crippen LogP contribution in [0.2, 0.25) is 0 Å². The summed E-state index contributed by atoms with van der Waals surface area (Å²) in [5.74, 6) is -1.19. The van der Waals surface area contributed by atoms with Crippen LogP contribution in [-0.2, 0) is 4.79 Å². The van der Waals surface area contributed by atoms with Crippen LogP contribution in [0.3, 0.4) is 0 Å². The molecule has 0 amide bonds. The lowest BCUT2D eigenvalue weighted by Gasteiger charge is -2.11. The van der Waals surface area contributed by atoms with E-state index in [0.717, 1.165) is 0 Å². The zero-order chi connectivity index (χ0) is 12.1. The van der Waals surface area contributed by atoms with Crippen LogP contribution in [0, 0.1) is 5.82 Å². The van der Waals surface area contributed by atoms with Crippen LogP contribution in [0.15, 0.2) is 18.2 Å². The Bertz CT molecular complexity index is 381. The minimum absolute atomic E-state index is 0.186. The molecule has 3 N–H and O–H groups in total. The zero-order valence-corrected chi connectivity index (χ0v) is 8.94. The molecule has 0 aliphatic rings. The Balaban J connectivity index is 2.85. The molecule has 0 spiro atoms. The minimum atomic E-state index is -1.05. The molecule has 16 heavy (non-hydrogen) atoms. The molecule has 1 aromatic carbocycles. The number of ether oxygens (including phenoxy) is 1. The predicted molar refractivity (Wildman–Crippen MR) is 56.8 cm³/mol. The molecular weight excluding hydrogens is 213 g/mol. The summed E-state index contributed by atoms with van der Waals surface area (Å²) in [5.41, 5.74) is 5.75. The quantitative estimate of drug-likeness (QED) is 0.803. The lowest BCUT2D eigenvalue weighted by atomic mass is 10.0. The molecule has 0 saturated carbocycles. The molecule has 0 saturated heterocycles. The maximum Gasteiger partial charge on any atom is 0.305 e. The second-order valence-corrected chi connectivity index (χ2v) is 3.32. The molecule has 88 valence electrons. The molecule has 0 fully saturated rings. The van der Waals surface area contributed by atoms with Crippen molar-refractivity contribution in [3.63, 3.8) is 0 Å². The highest BCUT2D eigenvalue weighted by molar-refractivity contribution is 5.67. The number of hydrogen-bond acceptors (Lipinski definition) is 3. The van der Waals surface area contributed by atoms with Gasteiger partial charge in [0.15, 0.2) is 0 Å². The first kappa shape index (κ1) is 12.4. The summed E-state index contributed by atoms with van der Waals surface area (Å²) in [7, 11) is 0. The Hall–Kier alpha value is -1.62. The third kappa shape index (κ3) is 3.20. The fourth-order valence-electron chi connectivity index (χ4n) is 1.36. The lowest BCUT2D eigenvalue weighted by Crippen LogP contribution is -2.16. The summed E-state index contributed by atoms with van der Waals surface area (Å²) in [6.07, 6.45) is -0.301. The molecule has 5 heteroatoms. The highest BCUT2D eigenvalue weighted by Gasteiger charge is 2.15. The van der Waals surface area contributed by atoms with Gasteiger partial charge in [-0.25, -0.2) is 4.39 Å². The van der Waals surface area contributed by atoms with Gasteiger partial charge in [-0.1, -0.05) is 6.07 Å². The highest BCUT2D eigenvalue weighted by Crippen LogP contribution is 2.22. The Morgan fingerprint density at radius 3 is 2.81 bits per heavy atom. The SMILES string of the molecule is CCOc1ccc(C(N)CC(=O)O)c(F)c1. The van der Waals surface area contributed by atoms with Crippen molar-refractivity contribution in [2.75, 3.05) is 6.61 Å². The second-order valence-electron chi connectivity index (χ2n) is 3.32. The van der Waals surface area contributed by atoms with Crippen LogP contribution in [0.5, 0.6) is 5.75 Å². The van der Waals surface area contributed by atoms with Crippen molar-refractivity contribution in [1.82, 2.24) is 0 Å². The van der Waals surface area contributed by atoms with Gasteiger partial charge < -0.3 is 15.6 Å². The largest absolute Gasteiger partial charge is 0.494 e. The first-order valence-electron chi connectivity index (χ1n) is 4.94. The van der Waals surface area contributed by atoms with Crippen molar-refractivity contribution in [3.8, 4) is 5.75 Å². The number of carboxylic acid groups (broad SMARTS) is 1. The number of hydrogen-bond donors (Lipinski definition) is 2. The average molecular weight is 227 g/mol. The number of carbonyl (C=O) groups is 1. The van der Waals surface area contributed by atoms with Gasteiger partial charge in [0.1, 0.15) is 11.6 Å². The normalized spacial score (nSPS) is 12.2. The van der Waals surface area contributed by atoms with Gasteiger partial charge in [-0.2, -0.15) is 0 Å². The Labute approximate surface area is 92.8 Å². The maximum absolute atomic E-state index is 13.5. The molecule has 1 atom stereocenters. The molecule has 0 aliphatic carbocycles. The molecule has 0 aromatic heterocycles. The molecular formula is C11H14FNO3. The molecule has 1 rings (SSSR count). The summed E-state index contributed by atoms with van der Waals surface area (Å²) < 4.78 is 18.6. The van der Waals surface area contributed by atoms with Crippen LogP contribution < -0.4 is 10.5 Å². The van der Waals surface area contributed by atoms with Crippen LogP contribution in [0.1, 0.15) is 24.9 Å². The predicted octanol–water partition coefficient (Wildman–Crippen LogP) is 1.70. The molecule has 1 aromatic rings. The highest BCUT2D eigenvalue weighted by atomic mass is 19.1. The van der Waals surface area contributed by atoms with Crippen molar-refractivity contribution in [3.05, 3.63) is 29.6 Å². The van der Waals surface area contributed by atoms with Gasteiger partial charge in [-0.15, -0.1) is 0 Å². The summed E-state index contributed by atoms with van der Waals surface area (Å²) in [6.45, 7) is 2.24. The standard InChI is InChI=1S/C11H14FNO3/c1-2-16-7-3-4-8(9(12)5-7)10(13)6-11(14)15/h3-5,10H,2,6,13H2,1H3,(H,14,15). The van der Waals surface area contributed by atoms with E-state index in [-0.39, 0.29) is 12.0 Å². The van der Waals surface area contributed by atoms with E-state index in [1.165, 1.54) is 12.1 Å². The van der Waals surface area contributed by atoms with Crippen LogP contribution in [-0.4, -0.2) is 17.7 Å². The van der Waals surface area contributed by atoms with E-state index < -0.39 is 17.8 Å². The van der Waals surface area contributed by atoms with Gasteiger partial charge in [0, 0.05) is 17.7 Å². The molecule has 0 heterocycles. The third-order valence-corrected chi connectivity index (χ3v) is 2.08. The van der Waals surface area contributed by atoms with Gasteiger partial charge in [-0.3, -0.25) is 4.79 Å². The van der Waals surface area contributed by atoms with Crippen molar-refractivity contribution >= 4 is 5.97 Å². The lowest BCUT2D eigenvalue weighted by molar-refractivity contribution is -0.137. The summed E-state index contributed by atoms with van der Waals surface area (Å²) in [6, 6.07) is 3.39. The van der Waals surface area contributed by atoms with E-state index in [2.05, 4.69) is 0 Å². The van der Waals surface area contributed by atoms with Crippen LogP contribution in [0.4, 0.5) is 4.39 Å². The smallest absolute Gasteiger partial charge is 0.305 e. The van der Waals surface area contributed by atoms with E-state index >= 15 is 0 Å². The Kier molecular flexibility index (Phi) is 4.25. The number of rotatable bonds is 5. The van der Waals surface area contributed by atoms with Gasteiger partial charge in [-0.05, 0) is 13.0 Å². The number of nitrogens with two attached hydrogens (primary N) is 1. The van der Waals surface area contributed by atoms with E-state index in [1.54, 1.807) is 13.0 Å². The fraction of sp³-hybridized carbons (Fsp3) is 0.364. The van der Waals surface area contributed by atoms with Gasteiger partial charge in [0.05, 0.1) is 13.0 Å². The fourth-order valence-corrected chi connectivity index (χ4v) is 1.36. The number of carboxylic acids is 1. The van der Waals surface area contributed by atoms with Gasteiger partial charge >= 0.3 is 5.97 Å². The van der Waals surface area contributed by atoms with E-state index in [4.69, 9.17) is 15.6 Å². The third-order valence-electron chi connectivity index (χ3n) is 2.08. The summed E-state index contributed by atoms with van der Waals surface area (Å²) in [5, 5.41) is 8.55. The molecule has 0 radical (unpaired) electrons. The van der Waals surface area contributed by atoms with E-state index in [1.807, 2.05) is 0 Å². The van der Waals surface area contributed by atoms with E-state index in [9.17, 15) is 9.18 Å². The first-order chi connectivity index (χ1) is 7.54. The van der Waals surface area contributed by atoms with Gasteiger partial charge in [0.25, 0.3) is 0 Å². The minimum Gasteiger partial charge on any atom is -0.494 e. The van der Waals surface area contributed by atoms with Crippen molar-refractivity contribution < 1.29 is 19.0 Å². The average Bonchev–Trinajstić information content (AvgIpc) is 2.16. The number of benzene rings is 1. The number of aliphatic carboxylic acids is 1. The molecule has 4 nitrogen and oxygen atoms in total. The van der Waals surface area contributed by atoms with E-state index in [0.29, 0.717) is 12.4 Å². The van der Waals surface area contributed by atoms with Crippen molar-refractivity contribution in [2.45, 2.75) is 19.4 Å². The van der Waals surface area contributed by atoms with Crippen molar-refractivity contribution in [1.29, 1.82) is 0 Å². The Morgan fingerprint density at radius 2 is 2.31 bits per heavy atom. The summed E-state index contributed by atoms with van der Waals surface area (Å²) >= 11 is 0. The van der Waals surface area contributed by atoms with Gasteiger partial charge in [0.2, 0.25) is 0 Å². The second kappa shape index (κ2) is 5.46. The van der Waals surface area contributed by atoms with Crippen LogP contribution in [0.25, 0.3) is 0 Å². The zero-order valence-electron chi connectivity index (χ0n) is 8.94. The monoisotopic (exact) mass is 227 g/mol. The molecule has 0 bridgehead atoms. The maximum atomic E-state index is 13.5. The first-order valence-corrected chi connectivity index (χ1v) is 4.94. The topological polar surface area (TPSA) is 72.5 Å². The number of halogens is 1. The summed E-state index contributed by atoms with van der Waals surface area (Å²) in [4.78, 5) is 10.4.